The molecule has 1 fully saturated rings. The van der Waals surface area contributed by atoms with E-state index in [1.165, 1.54) is 0 Å². The van der Waals surface area contributed by atoms with Gasteiger partial charge in [0.1, 0.15) is 0 Å². The molecule has 1 aliphatic heterocycles. The molecule has 0 aliphatic carbocycles. The fraction of sp³-hybridized carbons (Fsp3) is 0.500. The van der Waals surface area contributed by atoms with Crippen molar-refractivity contribution < 1.29 is 9.21 Å². The number of anilines is 2. The summed E-state index contributed by atoms with van der Waals surface area (Å²) in [7, 11) is 0. The average Bonchev–Trinajstić information content (AvgIpc) is 3.46. The van der Waals surface area contributed by atoms with Crippen molar-refractivity contribution in [1.82, 2.24) is 25.1 Å². The minimum atomic E-state index is -0.0140. The second-order valence-corrected chi connectivity index (χ2v) is 9.49. The van der Waals surface area contributed by atoms with Crippen LogP contribution in [0.4, 0.5) is 10.8 Å². The van der Waals surface area contributed by atoms with E-state index in [1.807, 2.05) is 50.9 Å². The number of thiazole rings is 1. The highest BCUT2D eigenvalue weighted by atomic mass is 32.1. The van der Waals surface area contributed by atoms with Crippen LogP contribution in [-0.2, 0) is 11.2 Å². The van der Waals surface area contributed by atoms with Crippen LogP contribution in [0.25, 0.3) is 0 Å². The van der Waals surface area contributed by atoms with Gasteiger partial charge in [-0.15, -0.1) is 21.5 Å². The van der Waals surface area contributed by atoms with E-state index in [1.54, 1.807) is 11.3 Å². The average molecular weight is 441 g/mol. The van der Waals surface area contributed by atoms with Gasteiger partial charge in [0.15, 0.2) is 5.13 Å². The topological polar surface area (TPSA) is 97.0 Å². The zero-order valence-corrected chi connectivity index (χ0v) is 19.2. The van der Waals surface area contributed by atoms with E-state index < -0.39 is 0 Å². The molecule has 0 aromatic carbocycles. The number of hydrogen-bond donors (Lipinski definition) is 1. The van der Waals surface area contributed by atoms with Crippen molar-refractivity contribution in [3.8, 4) is 0 Å². The Morgan fingerprint density at radius 3 is 2.87 bits per heavy atom. The van der Waals surface area contributed by atoms with Crippen LogP contribution < -0.4 is 5.32 Å². The maximum atomic E-state index is 13.0. The summed E-state index contributed by atoms with van der Waals surface area (Å²) in [6, 6.07) is 4.02. The predicted molar refractivity (Wildman–Crippen MR) is 120 cm³/mol. The monoisotopic (exact) mass is 440 g/mol. The van der Waals surface area contributed by atoms with Gasteiger partial charge in [-0.25, -0.2) is 4.98 Å². The van der Waals surface area contributed by atoms with Gasteiger partial charge in [-0.2, -0.15) is 0 Å². The summed E-state index contributed by atoms with van der Waals surface area (Å²) in [6.07, 6.45) is 4.55. The lowest BCUT2D eigenvalue weighted by molar-refractivity contribution is -0.132. The Kier molecular flexibility index (Phi) is 6.31. The van der Waals surface area contributed by atoms with Gasteiger partial charge in [-0.05, 0) is 38.8 Å². The molecular weight excluding hydrogens is 412 g/mol. The molecule has 8 nitrogen and oxygen atoms in total. The summed E-state index contributed by atoms with van der Waals surface area (Å²) in [5.74, 6) is 1.41. The number of rotatable bonds is 7. The zero-order valence-electron chi connectivity index (χ0n) is 18.4. The molecule has 1 aliphatic rings. The Hall–Kier alpha value is -2.81. The van der Waals surface area contributed by atoms with E-state index in [9.17, 15) is 4.79 Å². The Balaban J connectivity index is 1.45. The molecule has 31 heavy (non-hydrogen) atoms. The van der Waals surface area contributed by atoms with Crippen LogP contribution in [0.15, 0.2) is 22.7 Å². The summed E-state index contributed by atoms with van der Waals surface area (Å²) in [4.78, 5) is 25.2. The number of carbonyl (C=O) groups excluding carboxylic acids is 1. The summed E-state index contributed by atoms with van der Waals surface area (Å²) >= 11 is 1.61. The minimum Gasteiger partial charge on any atom is -0.425 e. The molecule has 0 bridgehead atoms. The molecule has 164 valence electrons. The number of aromatic nitrogens is 4. The number of nitrogens with zero attached hydrogens (tertiary/aromatic N) is 5. The van der Waals surface area contributed by atoms with Gasteiger partial charge in [0.25, 0.3) is 0 Å². The summed E-state index contributed by atoms with van der Waals surface area (Å²) in [5.41, 5.74) is 2.78. The molecule has 1 N–H and O–H groups in total. The first-order valence-corrected chi connectivity index (χ1v) is 11.5. The van der Waals surface area contributed by atoms with Crippen molar-refractivity contribution in [3.63, 3.8) is 0 Å². The third-order valence-electron chi connectivity index (χ3n) is 5.29. The molecule has 9 heteroatoms. The number of pyridine rings is 1. The van der Waals surface area contributed by atoms with E-state index in [0.29, 0.717) is 24.6 Å². The molecule has 4 heterocycles. The van der Waals surface area contributed by atoms with E-state index in [4.69, 9.17) is 9.40 Å². The van der Waals surface area contributed by atoms with Gasteiger partial charge in [-0.3, -0.25) is 9.78 Å². The van der Waals surface area contributed by atoms with Gasteiger partial charge in [0.2, 0.25) is 17.7 Å². The lowest BCUT2D eigenvalue weighted by atomic mass is 10.1. The largest absolute Gasteiger partial charge is 0.425 e. The van der Waals surface area contributed by atoms with Crippen LogP contribution in [0.5, 0.6) is 0 Å². The molecule has 0 unspecified atom stereocenters. The first-order chi connectivity index (χ1) is 14.9. The smallest absolute Gasteiger partial charge is 0.223 e. The first kappa shape index (κ1) is 21.4. The van der Waals surface area contributed by atoms with Gasteiger partial charge in [-0.1, -0.05) is 13.8 Å². The maximum Gasteiger partial charge on any atom is 0.223 e. The number of aryl methyl sites for hydroxylation is 3. The van der Waals surface area contributed by atoms with Crippen molar-refractivity contribution in [2.75, 3.05) is 11.9 Å². The Bertz CT molecular complexity index is 1060. The molecular formula is C22H28N6O2S. The fourth-order valence-corrected chi connectivity index (χ4v) is 4.49. The fourth-order valence-electron chi connectivity index (χ4n) is 3.80. The zero-order chi connectivity index (χ0) is 22.0. The van der Waals surface area contributed by atoms with Crippen LogP contribution in [0.1, 0.15) is 73.1 Å². The maximum absolute atomic E-state index is 13.0. The third kappa shape index (κ3) is 5.10. The molecule has 1 amide bonds. The lowest BCUT2D eigenvalue weighted by Crippen LogP contribution is -2.31. The molecule has 4 rings (SSSR count). The van der Waals surface area contributed by atoms with Crippen LogP contribution in [-0.4, -0.2) is 37.5 Å². The van der Waals surface area contributed by atoms with E-state index in [-0.39, 0.29) is 17.9 Å². The number of hydrogen-bond acceptors (Lipinski definition) is 8. The second-order valence-electron chi connectivity index (χ2n) is 8.26. The highest BCUT2D eigenvalue weighted by molar-refractivity contribution is 7.15. The molecule has 0 spiro atoms. The Morgan fingerprint density at radius 1 is 1.32 bits per heavy atom. The quantitative estimate of drug-likeness (QED) is 0.568. The molecule has 1 atom stereocenters. The van der Waals surface area contributed by atoms with E-state index >= 15 is 0 Å². The molecule has 1 saturated heterocycles. The van der Waals surface area contributed by atoms with Crippen molar-refractivity contribution >= 4 is 28.1 Å². The third-order valence-corrected chi connectivity index (χ3v) is 6.12. The Labute approximate surface area is 186 Å². The van der Waals surface area contributed by atoms with E-state index in [0.717, 1.165) is 46.5 Å². The standard InChI is InChI=1S/C22H28N6O2S/c1-13(2)21-27-26-19(30-21)7-8-20(29)28-9-5-6-18(28)17-11-16(10-14(3)24-17)25-22-23-12-15(4)31-22/h10-13,18H,5-9H2,1-4H3,(H,23,24,25)/t18-/m1/s1. The van der Waals surface area contributed by atoms with Crippen LogP contribution >= 0.6 is 11.3 Å². The number of likely N-dealkylation sites (tertiary alicyclic amines) is 1. The van der Waals surface area contributed by atoms with Crippen molar-refractivity contribution in [2.24, 2.45) is 0 Å². The van der Waals surface area contributed by atoms with Gasteiger partial charge in [0.05, 0.1) is 11.7 Å². The number of amides is 1. The van der Waals surface area contributed by atoms with Crippen molar-refractivity contribution in [1.29, 1.82) is 0 Å². The molecule has 3 aromatic rings. The van der Waals surface area contributed by atoms with Crippen LogP contribution in [0.2, 0.25) is 0 Å². The molecule has 3 aromatic heterocycles. The molecule has 0 radical (unpaired) electrons. The van der Waals surface area contributed by atoms with Crippen LogP contribution in [0, 0.1) is 13.8 Å². The highest BCUT2D eigenvalue weighted by Gasteiger charge is 2.31. The highest BCUT2D eigenvalue weighted by Crippen LogP contribution is 2.34. The summed E-state index contributed by atoms with van der Waals surface area (Å²) in [6.45, 7) is 8.77. The number of carbonyl (C=O) groups is 1. The van der Waals surface area contributed by atoms with Crippen molar-refractivity contribution in [2.45, 2.75) is 65.3 Å². The predicted octanol–water partition coefficient (Wildman–Crippen LogP) is 4.70. The Morgan fingerprint density at radius 2 is 2.16 bits per heavy atom. The second kappa shape index (κ2) is 9.13. The van der Waals surface area contributed by atoms with Gasteiger partial charge in [0, 0.05) is 47.8 Å². The van der Waals surface area contributed by atoms with E-state index in [2.05, 4.69) is 20.5 Å². The van der Waals surface area contributed by atoms with Crippen molar-refractivity contribution in [3.05, 3.63) is 46.4 Å². The molecule has 0 saturated carbocycles. The normalized spacial score (nSPS) is 16.3. The minimum absolute atomic E-state index is 0.0140. The number of nitrogens with one attached hydrogen (secondary N) is 1. The van der Waals surface area contributed by atoms with Crippen LogP contribution in [0.3, 0.4) is 0 Å². The lowest BCUT2D eigenvalue weighted by Gasteiger charge is -2.25. The summed E-state index contributed by atoms with van der Waals surface area (Å²) in [5, 5.41) is 12.3. The first-order valence-electron chi connectivity index (χ1n) is 10.7. The van der Waals surface area contributed by atoms with Gasteiger partial charge >= 0.3 is 0 Å². The SMILES string of the molecule is Cc1cc(Nc2ncc(C)s2)cc([C@H]2CCCN2C(=O)CCc2nnc(C(C)C)o2)n1. The van der Waals surface area contributed by atoms with Gasteiger partial charge < -0.3 is 14.6 Å². The summed E-state index contributed by atoms with van der Waals surface area (Å²) < 4.78 is 5.64.